The van der Waals surface area contributed by atoms with E-state index < -0.39 is 6.09 Å². The van der Waals surface area contributed by atoms with Crippen LogP contribution in [0.4, 0.5) is 21.0 Å². The Morgan fingerprint density at radius 1 is 0.957 bits per heavy atom. The number of ether oxygens (including phenoxy) is 1. The Bertz CT molecular complexity index is 1280. The lowest BCUT2D eigenvalue weighted by molar-refractivity contribution is -0.120. The molecule has 0 spiro atoms. The molecule has 2 N–H and O–H groups in total. The Kier molecular flexibility index (Phi) is 17.6. The lowest BCUT2D eigenvalue weighted by Gasteiger charge is -2.37. The molecule has 0 radical (unpaired) electrons. The number of nitrogens with zero attached hydrogens (tertiary/aromatic N) is 2. The van der Waals surface area contributed by atoms with E-state index in [0.717, 1.165) is 42.1 Å². The SMILES string of the molecule is CC(=O)COC(=O)N1CCC(N2CCc3ccccc3NC2=O)CC1.CCCC(C)CCC.CCCc1cc(C)ccc1NC(C)=O. The van der Waals surface area contributed by atoms with Crippen LogP contribution >= 0.6 is 0 Å². The third-order valence-electron chi connectivity index (χ3n) is 8.36. The van der Waals surface area contributed by atoms with Crippen LogP contribution in [0, 0.1) is 12.8 Å². The van der Waals surface area contributed by atoms with Crippen molar-refractivity contribution in [1.82, 2.24) is 9.80 Å². The molecule has 0 aromatic heterocycles. The quantitative estimate of drug-likeness (QED) is 0.269. The molecule has 2 aliphatic heterocycles. The molecule has 0 unspecified atom stereocenters. The van der Waals surface area contributed by atoms with Gasteiger partial charge in [0.05, 0.1) is 0 Å². The Balaban J connectivity index is 0.000000293. The number of ketones is 1. The van der Waals surface area contributed by atoms with Crippen molar-refractivity contribution in [3.63, 3.8) is 0 Å². The fraction of sp³-hybridized carbons (Fsp3) is 0.579. The van der Waals surface area contributed by atoms with E-state index in [0.29, 0.717) is 32.5 Å². The summed E-state index contributed by atoms with van der Waals surface area (Å²) in [4.78, 5) is 49.8. The molecule has 0 aliphatic carbocycles. The molecule has 1 fully saturated rings. The smallest absolute Gasteiger partial charge is 0.410 e. The summed E-state index contributed by atoms with van der Waals surface area (Å²) in [5.74, 6) is 0.778. The van der Waals surface area contributed by atoms with Crippen molar-refractivity contribution >= 4 is 35.2 Å². The number of rotatable bonds is 10. The average Bonchev–Trinajstić information content (AvgIpc) is 3.20. The molecule has 1 saturated heterocycles. The van der Waals surface area contributed by atoms with Gasteiger partial charge < -0.3 is 25.2 Å². The first-order valence-electron chi connectivity index (χ1n) is 17.4. The van der Waals surface area contributed by atoms with Crippen molar-refractivity contribution in [3.05, 3.63) is 59.2 Å². The van der Waals surface area contributed by atoms with Crippen LogP contribution in [0.15, 0.2) is 42.5 Å². The topological polar surface area (TPSA) is 108 Å². The maximum atomic E-state index is 12.5. The second-order valence-corrected chi connectivity index (χ2v) is 12.8. The fourth-order valence-electron chi connectivity index (χ4n) is 5.99. The zero-order valence-corrected chi connectivity index (χ0v) is 29.8. The number of urea groups is 1. The number of aryl methyl sites for hydroxylation is 2. The number of amides is 4. The van der Waals surface area contributed by atoms with Crippen molar-refractivity contribution in [2.24, 2.45) is 5.92 Å². The number of hydrogen-bond acceptors (Lipinski definition) is 5. The molecule has 2 aromatic rings. The Morgan fingerprint density at radius 3 is 2.21 bits per heavy atom. The molecule has 2 aliphatic rings. The Hall–Kier alpha value is -3.88. The average molecular weight is 651 g/mol. The lowest BCUT2D eigenvalue weighted by Crippen LogP contribution is -2.50. The van der Waals surface area contributed by atoms with Gasteiger partial charge in [-0.1, -0.05) is 95.7 Å². The number of benzene rings is 2. The Labute approximate surface area is 282 Å². The van der Waals surface area contributed by atoms with E-state index in [9.17, 15) is 19.2 Å². The van der Waals surface area contributed by atoms with Crippen LogP contribution in [0.1, 0.15) is 103 Å². The van der Waals surface area contributed by atoms with Crippen molar-refractivity contribution < 1.29 is 23.9 Å². The molecule has 4 rings (SSSR count). The highest BCUT2D eigenvalue weighted by molar-refractivity contribution is 5.91. The van der Waals surface area contributed by atoms with Crippen LogP contribution in [0.3, 0.4) is 0 Å². The molecule has 9 nitrogen and oxygen atoms in total. The summed E-state index contributed by atoms with van der Waals surface area (Å²) in [6.07, 6.45) is 9.40. The second-order valence-electron chi connectivity index (χ2n) is 12.8. The first kappa shape index (κ1) is 39.3. The molecule has 0 bridgehead atoms. The number of hydrogen-bond donors (Lipinski definition) is 2. The van der Waals surface area contributed by atoms with Crippen LogP contribution < -0.4 is 10.6 Å². The molecule has 0 saturated carbocycles. The summed E-state index contributed by atoms with van der Waals surface area (Å²) in [6.45, 7) is 15.5. The third-order valence-corrected chi connectivity index (χ3v) is 8.36. The lowest BCUT2D eigenvalue weighted by atomic mass is 10.0. The monoisotopic (exact) mass is 650 g/mol. The predicted molar refractivity (Wildman–Crippen MR) is 191 cm³/mol. The van der Waals surface area contributed by atoms with Gasteiger partial charge in [0.2, 0.25) is 5.91 Å². The summed E-state index contributed by atoms with van der Waals surface area (Å²) in [5.41, 5.74) is 5.43. The van der Waals surface area contributed by atoms with Crippen molar-refractivity contribution in [1.29, 1.82) is 0 Å². The van der Waals surface area contributed by atoms with Gasteiger partial charge in [0, 0.05) is 44.0 Å². The van der Waals surface area contributed by atoms with E-state index >= 15 is 0 Å². The highest BCUT2D eigenvalue weighted by atomic mass is 16.6. The van der Waals surface area contributed by atoms with Gasteiger partial charge in [-0.25, -0.2) is 9.59 Å². The van der Waals surface area contributed by atoms with Gasteiger partial charge in [-0.2, -0.15) is 0 Å². The van der Waals surface area contributed by atoms with E-state index in [2.05, 4.69) is 51.3 Å². The molecular weight excluding hydrogens is 592 g/mol. The number of likely N-dealkylation sites (tertiary alicyclic amines) is 1. The first-order chi connectivity index (χ1) is 22.5. The number of para-hydroxylation sites is 1. The zero-order chi connectivity index (χ0) is 34.8. The maximum Gasteiger partial charge on any atom is 0.410 e. The van der Waals surface area contributed by atoms with Crippen LogP contribution in [0.25, 0.3) is 0 Å². The number of fused-ring (bicyclic) bond motifs is 1. The first-order valence-corrected chi connectivity index (χ1v) is 17.4. The maximum absolute atomic E-state index is 12.5. The minimum Gasteiger partial charge on any atom is -0.441 e. The largest absolute Gasteiger partial charge is 0.441 e. The van der Waals surface area contributed by atoms with Gasteiger partial charge in [0.15, 0.2) is 12.4 Å². The highest BCUT2D eigenvalue weighted by Gasteiger charge is 2.31. The number of piperidine rings is 1. The number of carbonyl (C=O) groups excluding carboxylic acids is 4. The number of anilines is 2. The molecule has 2 aromatic carbocycles. The van der Waals surface area contributed by atoms with Crippen LogP contribution in [-0.4, -0.2) is 65.9 Å². The number of Topliss-reactive ketones (excluding diaryl/α,β-unsaturated/α-hetero) is 1. The third kappa shape index (κ3) is 14.2. The minimum atomic E-state index is -0.457. The van der Waals surface area contributed by atoms with Gasteiger partial charge in [0.1, 0.15) is 0 Å². The van der Waals surface area contributed by atoms with Crippen molar-refractivity contribution in [2.75, 3.05) is 36.9 Å². The molecule has 0 atom stereocenters. The summed E-state index contributed by atoms with van der Waals surface area (Å²) in [7, 11) is 0. The van der Waals surface area contributed by atoms with Gasteiger partial charge in [-0.3, -0.25) is 9.59 Å². The Morgan fingerprint density at radius 2 is 1.62 bits per heavy atom. The summed E-state index contributed by atoms with van der Waals surface area (Å²) < 4.78 is 4.95. The molecule has 2 heterocycles. The molecule has 47 heavy (non-hydrogen) atoms. The van der Waals surface area contributed by atoms with E-state index in [1.54, 1.807) is 4.90 Å². The van der Waals surface area contributed by atoms with Crippen LogP contribution in [-0.2, 0) is 27.2 Å². The zero-order valence-electron chi connectivity index (χ0n) is 29.8. The van der Waals surface area contributed by atoms with Gasteiger partial charge in [0.25, 0.3) is 0 Å². The van der Waals surface area contributed by atoms with Gasteiger partial charge in [-0.15, -0.1) is 0 Å². The van der Waals surface area contributed by atoms with E-state index in [-0.39, 0.29) is 30.4 Å². The van der Waals surface area contributed by atoms with Crippen molar-refractivity contribution in [3.8, 4) is 0 Å². The molecule has 4 amide bonds. The second kappa shape index (κ2) is 21.1. The predicted octanol–water partition coefficient (Wildman–Crippen LogP) is 8.40. The summed E-state index contributed by atoms with van der Waals surface area (Å²) in [6, 6.07) is 14.0. The minimum absolute atomic E-state index is 0.00814. The van der Waals surface area contributed by atoms with Gasteiger partial charge in [-0.05, 0) is 68.7 Å². The van der Waals surface area contributed by atoms with Gasteiger partial charge >= 0.3 is 12.1 Å². The fourth-order valence-corrected chi connectivity index (χ4v) is 5.99. The normalized spacial score (nSPS) is 14.4. The number of carbonyl (C=O) groups is 4. The molecule has 260 valence electrons. The molecular formula is C38H58N4O5. The summed E-state index contributed by atoms with van der Waals surface area (Å²) in [5, 5.41) is 5.83. The van der Waals surface area contributed by atoms with Crippen LogP contribution in [0.2, 0.25) is 0 Å². The summed E-state index contributed by atoms with van der Waals surface area (Å²) >= 11 is 0. The number of nitrogens with one attached hydrogen (secondary N) is 2. The molecule has 9 heteroatoms. The van der Waals surface area contributed by atoms with E-state index in [1.807, 2.05) is 41.3 Å². The van der Waals surface area contributed by atoms with E-state index in [4.69, 9.17) is 4.74 Å². The van der Waals surface area contributed by atoms with E-state index in [1.165, 1.54) is 50.7 Å². The highest BCUT2D eigenvalue weighted by Crippen LogP contribution is 2.25. The van der Waals surface area contributed by atoms with Crippen LogP contribution in [0.5, 0.6) is 0 Å². The standard InChI is InChI=1S/C18H23N3O4.C12H17NO.C8H18/c1-13(22)12-25-18(24)20-9-7-15(8-10-20)21-11-6-14-4-2-3-5-16(14)19-17(21)23;1-4-5-11-8-9(2)6-7-12(11)13-10(3)14;1-4-6-8(3)7-5-2/h2-5,15H,6-12H2,1H3,(H,19,23);6-8H,4-5H2,1-3H3,(H,13,14);8H,4-7H2,1-3H3. The van der Waals surface area contributed by atoms with Crippen molar-refractivity contribution in [2.45, 2.75) is 112 Å².